The Bertz CT molecular complexity index is 1410. The zero-order chi connectivity index (χ0) is 25.5. The van der Waals surface area contributed by atoms with E-state index in [1.807, 2.05) is 16.8 Å². The number of aromatic nitrogens is 2. The van der Waals surface area contributed by atoms with Gasteiger partial charge >= 0.3 is 0 Å². The summed E-state index contributed by atoms with van der Waals surface area (Å²) in [6.45, 7) is 0.403. The van der Waals surface area contributed by atoms with E-state index in [9.17, 15) is 4.79 Å². The third-order valence-electron chi connectivity index (χ3n) is 5.16. The first-order valence-corrected chi connectivity index (χ1v) is 11.9. The van der Waals surface area contributed by atoms with Crippen molar-refractivity contribution < 1.29 is 4.79 Å². The number of benzene rings is 3. The first-order chi connectivity index (χ1) is 17.4. The number of hydrogen-bond donors (Lipinski definition) is 2. The number of guanidine groups is 1. The van der Waals surface area contributed by atoms with Gasteiger partial charge in [-0.25, -0.2) is 9.98 Å². The van der Waals surface area contributed by atoms with Gasteiger partial charge in [-0.15, -0.1) is 0 Å². The fourth-order valence-electron chi connectivity index (χ4n) is 3.37. The van der Waals surface area contributed by atoms with Gasteiger partial charge in [0.1, 0.15) is 0 Å². The normalized spacial score (nSPS) is 12.0. The number of nitrogens with zero attached hydrogens (tertiary/aromatic N) is 4. The highest BCUT2D eigenvalue weighted by Crippen LogP contribution is 2.30. The third-order valence-corrected chi connectivity index (χ3v) is 5.98. The van der Waals surface area contributed by atoms with Crippen LogP contribution in [0.2, 0.25) is 15.1 Å². The molecule has 1 aromatic heterocycles. The molecule has 0 fully saturated rings. The molecule has 180 valence electrons. The Hall–Kier alpha value is -3.83. The van der Waals surface area contributed by atoms with Gasteiger partial charge in [0, 0.05) is 38.7 Å². The lowest BCUT2D eigenvalue weighted by atomic mass is 10.1. The van der Waals surface area contributed by atoms with Crippen LogP contribution in [-0.2, 0) is 6.54 Å². The molecule has 4 rings (SSSR count). The Labute approximate surface area is 223 Å². The standard InChI is InChI=1S/C26H19Cl3N6O/c27-19-5-8-21(9-6-19)32-26(34-25(36)18-3-1-17(14-30)2-4-18)33-24(15-35-12-11-31-16-35)22-10-7-20(28)13-23(22)29/h1-13,16,24H,15H2,(H2,32,33,34,36). The van der Waals surface area contributed by atoms with Gasteiger partial charge in [0.2, 0.25) is 5.96 Å². The third kappa shape index (κ3) is 6.64. The van der Waals surface area contributed by atoms with E-state index in [1.165, 1.54) is 0 Å². The molecule has 0 saturated heterocycles. The van der Waals surface area contributed by atoms with Crippen LogP contribution < -0.4 is 10.6 Å². The van der Waals surface area contributed by atoms with Crippen LogP contribution in [-0.4, -0.2) is 21.4 Å². The maximum absolute atomic E-state index is 13.1. The quantitative estimate of drug-likeness (QED) is 0.221. The first-order valence-electron chi connectivity index (χ1n) is 10.7. The van der Waals surface area contributed by atoms with Crippen LogP contribution >= 0.6 is 34.8 Å². The Morgan fingerprint density at radius 2 is 1.75 bits per heavy atom. The van der Waals surface area contributed by atoms with Crippen LogP contribution in [0.25, 0.3) is 0 Å². The van der Waals surface area contributed by atoms with Crippen molar-refractivity contribution in [2.24, 2.45) is 4.99 Å². The number of nitrogens with one attached hydrogen (secondary N) is 2. The Balaban J connectivity index is 1.71. The van der Waals surface area contributed by atoms with Gasteiger partial charge in [-0.1, -0.05) is 40.9 Å². The molecular weight excluding hydrogens is 519 g/mol. The van der Waals surface area contributed by atoms with Crippen molar-refractivity contribution in [1.29, 1.82) is 5.26 Å². The van der Waals surface area contributed by atoms with Gasteiger partial charge in [0.15, 0.2) is 0 Å². The number of halogens is 3. The number of rotatable bonds is 6. The van der Waals surface area contributed by atoms with Crippen LogP contribution in [0.3, 0.4) is 0 Å². The second-order valence-electron chi connectivity index (χ2n) is 7.69. The van der Waals surface area contributed by atoms with Crippen molar-refractivity contribution in [2.45, 2.75) is 12.6 Å². The average Bonchev–Trinajstić information content (AvgIpc) is 3.38. The van der Waals surface area contributed by atoms with Crippen LogP contribution in [0.5, 0.6) is 0 Å². The van der Waals surface area contributed by atoms with Gasteiger partial charge in [0.05, 0.1) is 30.5 Å². The molecule has 36 heavy (non-hydrogen) atoms. The molecule has 1 heterocycles. The van der Waals surface area contributed by atoms with Gasteiger partial charge in [-0.3, -0.25) is 10.1 Å². The van der Waals surface area contributed by atoms with Gasteiger partial charge in [0.25, 0.3) is 5.91 Å². The van der Waals surface area contributed by atoms with Crippen LogP contribution in [0.1, 0.15) is 27.5 Å². The summed E-state index contributed by atoms with van der Waals surface area (Å²) in [6.07, 6.45) is 5.16. The maximum atomic E-state index is 13.1. The summed E-state index contributed by atoms with van der Waals surface area (Å²) in [6, 6.07) is 20.0. The first kappa shape index (κ1) is 25.3. The molecule has 7 nitrogen and oxygen atoms in total. The van der Waals surface area contributed by atoms with Gasteiger partial charge in [-0.05, 0) is 66.2 Å². The fraction of sp³-hybridized carbons (Fsp3) is 0.0769. The van der Waals surface area contributed by atoms with E-state index < -0.39 is 11.9 Å². The number of carbonyl (C=O) groups is 1. The van der Waals surface area contributed by atoms with Crippen LogP contribution in [0.15, 0.2) is 90.4 Å². The molecule has 0 spiro atoms. The number of aliphatic imine (C=N–C) groups is 1. The number of carbonyl (C=O) groups excluding carboxylic acids is 1. The van der Waals surface area contributed by atoms with E-state index in [0.717, 1.165) is 5.56 Å². The molecule has 10 heteroatoms. The molecule has 0 saturated carbocycles. The average molecular weight is 538 g/mol. The highest BCUT2D eigenvalue weighted by molar-refractivity contribution is 6.35. The van der Waals surface area contributed by atoms with E-state index >= 15 is 0 Å². The molecule has 0 radical (unpaired) electrons. The second-order valence-corrected chi connectivity index (χ2v) is 8.97. The zero-order valence-corrected chi connectivity index (χ0v) is 21.0. The van der Waals surface area contributed by atoms with Crippen molar-refractivity contribution in [3.8, 4) is 6.07 Å². The SMILES string of the molecule is N#Cc1ccc(C(=O)NC(=NC(Cn2ccnc2)c2ccc(Cl)cc2Cl)Nc2ccc(Cl)cc2)cc1. The van der Waals surface area contributed by atoms with Crippen LogP contribution in [0, 0.1) is 11.3 Å². The van der Waals surface area contributed by atoms with Gasteiger partial charge in [-0.2, -0.15) is 5.26 Å². The largest absolute Gasteiger partial charge is 0.335 e. The van der Waals surface area contributed by atoms with E-state index in [0.29, 0.717) is 38.4 Å². The number of amides is 1. The molecule has 0 aliphatic heterocycles. The maximum Gasteiger partial charge on any atom is 0.257 e. The van der Waals surface area contributed by atoms with E-state index in [-0.39, 0.29) is 5.96 Å². The molecule has 3 aromatic carbocycles. The summed E-state index contributed by atoms with van der Waals surface area (Å²) >= 11 is 18.7. The Kier molecular flexibility index (Phi) is 8.24. The van der Waals surface area contributed by atoms with Crippen molar-refractivity contribution in [1.82, 2.24) is 14.9 Å². The molecule has 2 N–H and O–H groups in total. The predicted molar refractivity (Wildman–Crippen MR) is 143 cm³/mol. The van der Waals surface area contributed by atoms with E-state index in [4.69, 9.17) is 45.1 Å². The Morgan fingerprint density at radius 3 is 2.39 bits per heavy atom. The highest BCUT2D eigenvalue weighted by atomic mass is 35.5. The topological polar surface area (TPSA) is 95.1 Å². The minimum atomic E-state index is -0.500. The number of imidazole rings is 1. The number of anilines is 1. The van der Waals surface area contributed by atoms with Crippen molar-refractivity contribution in [3.63, 3.8) is 0 Å². The minimum absolute atomic E-state index is 0.197. The molecular formula is C26H19Cl3N6O. The second kappa shape index (κ2) is 11.7. The molecule has 4 aromatic rings. The van der Waals surface area contributed by atoms with Gasteiger partial charge < -0.3 is 9.88 Å². The lowest BCUT2D eigenvalue weighted by molar-refractivity contribution is 0.0977. The van der Waals surface area contributed by atoms with E-state index in [2.05, 4.69) is 15.6 Å². The zero-order valence-electron chi connectivity index (χ0n) is 18.7. The van der Waals surface area contributed by atoms with Crippen molar-refractivity contribution >= 4 is 52.4 Å². The van der Waals surface area contributed by atoms with Crippen molar-refractivity contribution in [3.05, 3.63) is 117 Å². The summed E-state index contributed by atoms with van der Waals surface area (Å²) in [5.41, 5.74) is 2.22. The van der Waals surface area contributed by atoms with Crippen LogP contribution in [0.4, 0.5) is 5.69 Å². The lowest BCUT2D eigenvalue weighted by Gasteiger charge is -2.19. The summed E-state index contributed by atoms with van der Waals surface area (Å²) < 4.78 is 1.86. The number of hydrogen-bond acceptors (Lipinski definition) is 4. The monoisotopic (exact) mass is 536 g/mol. The van der Waals surface area contributed by atoms with E-state index in [1.54, 1.807) is 79.3 Å². The number of nitriles is 1. The molecule has 1 amide bonds. The molecule has 1 unspecified atom stereocenters. The fourth-order valence-corrected chi connectivity index (χ4v) is 4.03. The minimum Gasteiger partial charge on any atom is -0.335 e. The Morgan fingerprint density at radius 1 is 1.03 bits per heavy atom. The predicted octanol–water partition coefficient (Wildman–Crippen LogP) is 6.35. The molecule has 0 bridgehead atoms. The molecule has 0 aliphatic rings. The van der Waals surface area contributed by atoms with Crippen molar-refractivity contribution in [2.75, 3.05) is 5.32 Å². The summed E-state index contributed by atoms with van der Waals surface area (Å²) in [4.78, 5) is 22.0. The summed E-state index contributed by atoms with van der Waals surface area (Å²) in [5.74, 6) is -0.203. The lowest BCUT2D eigenvalue weighted by Crippen LogP contribution is -2.36. The molecule has 1 atom stereocenters. The summed E-state index contributed by atoms with van der Waals surface area (Å²) in [7, 11) is 0. The smallest absolute Gasteiger partial charge is 0.257 e. The molecule has 0 aliphatic carbocycles. The summed E-state index contributed by atoms with van der Waals surface area (Å²) in [5, 5.41) is 16.5. The highest BCUT2D eigenvalue weighted by Gasteiger charge is 2.18.